The zero-order valence-electron chi connectivity index (χ0n) is 8.99. The van der Waals surface area contributed by atoms with Crippen LogP contribution in [0.15, 0.2) is 48.0 Å². The Morgan fingerprint density at radius 2 is 2.07 bits per heavy atom. The minimum atomic E-state index is 0.403. The Hall–Kier alpha value is -1.84. The van der Waals surface area contributed by atoms with E-state index in [0.717, 1.165) is 0 Å². The second kappa shape index (κ2) is 4.13. The first-order chi connectivity index (χ1) is 7.29. The van der Waals surface area contributed by atoms with Crippen LogP contribution in [0.25, 0.3) is 0 Å². The van der Waals surface area contributed by atoms with E-state index in [-0.39, 0.29) is 0 Å². The van der Waals surface area contributed by atoms with Crippen LogP contribution in [0, 0.1) is 0 Å². The summed E-state index contributed by atoms with van der Waals surface area (Å²) in [6.45, 7) is 4.28. The number of allylic oxidation sites excluding steroid dienone is 3. The lowest BCUT2D eigenvalue weighted by Gasteiger charge is -2.11. The van der Waals surface area contributed by atoms with E-state index in [1.54, 1.807) is 11.3 Å². The molecule has 0 aromatic carbocycles. The van der Waals surface area contributed by atoms with Gasteiger partial charge in [0.25, 0.3) is 0 Å². The van der Waals surface area contributed by atoms with Crippen molar-refractivity contribution in [3.63, 3.8) is 0 Å². The Balaban J connectivity index is 2.33. The standard InChI is InChI=1S/C11H15N4/c1-11(2)13-8-6-10-15(13)14-9-5-3-4-7-12-14/h3-11H,1-2H3/q+1. The number of aromatic nitrogens is 2. The molecule has 0 N–H and O–H groups in total. The fourth-order valence-electron chi connectivity index (χ4n) is 1.44. The zero-order chi connectivity index (χ0) is 10.7. The van der Waals surface area contributed by atoms with Gasteiger partial charge in [-0.2, -0.15) is 4.68 Å². The summed E-state index contributed by atoms with van der Waals surface area (Å²) >= 11 is 0. The second-order valence-corrected chi connectivity index (χ2v) is 3.60. The van der Waals surface area contributed by atoms with Crippen LogP contribution in [0.1, 0.15) is 19.9 Å². The summed E-state index contributed by atoms with van der Waals surface area (Å²) in [5, 5.41) is 6.08. The van der Waals surface area contributed by atoms with Gasteiger partial charge in [-0.3, -0.25) is 0 Å². The molecule has 0 unspecified atom stereocenters. The SMILES string of the molecule is CC(C)[n+]1cccn1N1C=CC=CC=N1. The van der Waals surface area contributed by atoms with E-state index in [0.29, 0.717) is 6.04 Å². The van der Waals surface area contributed by atoms with E-state index in [1.165, 1.54) is 0 Å². The van der Waals surface area contributed by atoms with Gasteiger partial charge in [-0.15, -0.1) is 0 Å². The van der Waals surface area contributed by atoms with Crippen molar-refractivity contribution in [2.24, 2.45) is 5.10 Å². The van der Waals surface area contributed by atoms with Gasteiger partial charge in [0.05, 0.1) is 12.4 Å². The lowest BCUT2D eigenvalue weighted by Crippen LogP contribution is -2.50. The van der Waals surface area contributed by atoms with Crippen LogP contribution in [0.2, 0.25) is 0 Å². The average molecular weight is 203 g/mol. The predicted molar refractivity (Wildman–Crippen MR) is 60.0 cm³/mol. The molecule has 1 aromatic heterocycles. The molecule has 15 heavy (non-hydrogen) atoms. The largest absolute Gasteiger partial charge is 0.159 e. The first-order valence-corrected chi connectivity index (χ1v) is 5.05. The van der Waals surface area contributed by atoms with E-state index >= 15 is 0 Å². The third-order valence-electron chi connectivity index (χ3n) is 2.15. The molecule has 4 heteroatoms. The maximum absolute atomic E-state index is 4.29. The first kappa shape index (κ1) is 9.71. The van der Waals surface area contributed by atoms with Crippen molar-refractivity contribution in [3.8, 4) is 0 Å². The van der Waals surface area contributed by atoms with Crippen molar-refractivity contribution in [3.05, 3.63) is 42.9 Å². The molecule has 78 valence electrons. The van der Waals surface area contributed by atoms with Gasteiger partial charge in [-0.25, -0.2) is 0 Å². The molecule has 0 saturated heterocycles. The van der Waals surface area contributed by atoms with Gasteiger partial charge < -0.3 is 0 Å². The summed E-state index contributed by atoms with van der Waals surface area (Å²) in [6, 6.07) is 2.40. The highest BCUT2D eigenvalue weighted by Gasteiger charge is 2.15. The quantitative estimate of drug-likeness (QED) is 0.666. The van der Waals surface area contributed by atoms with Crippen LogP contribution < -0.4 is 9.80 Å². The van der Waals surface area contributed by atoms with Crippen molar-refractivity contribution in [1.29, 1.82) is 0 Å². The molecule has 0 bridgehead atoms. The molecule has 0 spiro atoms. The second-order valence-electron chi connectivity index (χ2n) is 3.60. The molecular weight excluding hydrogens is 188 g/mol. The van der Waals surface area contributed by atoms with Crippen molar-refractivity contribution in [2.75, 3.05) is 5.12 Å². The number of rotatable bonds is 2. The van der Waals surface area contributed by atoms with Crippen LogP contribution in [0.4, 0.5) is 0 Å². The Morgan fingerprint density at radius 1 is 1.20 bits per heavy atom. The third-order valence-corrected chi connectivity index (χ3v) is 2.15. The molecule has 0 saturated carbocycles. The van der Waals surface area contributed by atoms with Gasteiger partial charge in [-0.05, 0) is 35.9 Å². The summed E-state index contributed by atoms with van der Waals surface area (Å²) in [5.74, 6) is 0. The molecule has 0 aliphatic carbocycles. The lowest BCUT2D eigenvalue weighted by molar-refractivity contribution is -0.791. The van der Waals surface area contributed by atoms with Crippen LogP contribution in [-0.2, 0) is 0 Å². The topological polar surface area (TPSA) is 24.4 Å². The molecule has 0 radical (unpaired) electrons. The predicted octanol–water partition coefficient (Wildman–Crippen LogP) is 1.36. The number of hydrogen-bond acceptors (Lipinski definition) is 2. The van der Waals surface area contributed by atoms with Gasteiger partial charge >= 0.3 is 0 Å². The van der Waals surface area contributed by atoms with Gasteiger partial charge in [0.15, 0.2) is 0 Å². The molecule has 1 aliphatic heterocycles. The van der Waals surface area contributed by atoms with E-state index < -0.39 is 0 Å². The molecule has 0 atom stereocenters. The molecule has 0 amide bonds. The molecular formula is C11H15N4+. The number of hydrazone groups is 1. The molecule has 0 fully saturated rings. The maximum Gasteiger partial charge on any atom is 0.144 e. The monoisotopic (exact) mass is 203 g/mol. The van der Waals surface area contributed by atoms with Crippen LogP contribution in [0.3, 0.4) is 0 Å². The van der Waals surface area contributed by atoms with Gasteiger partial charge in [0.1, 0.15) is 18.4 Å². The minimum Gasteiger partial charge on any atom is -0.159 e. The minimum absolute atomic E-state index is 0.403. The maximum atomic E-state index is 4.29. The summed E-state index contributed by atoms with van der Waals surface area (Å²) in [6.07, 6.45) is 13.5. The lowest BCUT2D eigenvalue weighted by atomic mass is 10.4. The van der Waals surface area contributed by atoms with Crippen molar-refractivity contribution in [1.82, 2.24) is 4.79 Å². The van der Waals surface area contributed by atoms with Gasteiger partial charge in [0, 0.05) is 6.07 Å². The molecule has 2 rings (SSSR count). The fraction of sp³-hybridized carbons (Fsp3) is 0.273. The summed E-state index contributed by atoms with van der Waals surface area (Å²) < 4.78 is 2.10. The smallest absolute Gasteiger partial charge is 0.144 e. The van der Waals surface area contributed by atoms with E-state index in [2.05, 4.69) is 23.6 Å². The van der Waals surface area contributed by atoms with Crippen LogP contribution in [-0.4, -0.2) is 11.0 Å². The van der Waals surface area contributed by atoms with E-state index in [4.69, 9.17) is 0 Å². The summed E-state index contributed by atoms with van der Waals surface area (Å²) in [4.78, 5) is 1.96. The van der Waals surface area contributed by atoms with Gasteiger partial charge in [0.2, 0.25) is 0 Å². The number of hydrogen-bond donors (Lipinski definition) is 0. The average Bonchev–Trinajstić information content (AvgIpc) is 2.55. The molecule has 1 aliphatic rings. The highest BCUT2D eigenvalue weighted by molar-refractivity contribution is 5.72. The Labute approximate surface area is 89.4 Å². The normalized spacial score (nSPS) is 15.0. The Bertz CT molecular complexity index is 396. The first-order valence-electron chi connectivity index (χ1n) is 5.05. The van der Waals surface area contributed by atoms with Crippen molar-refractivity contribution in [2.45, 2.75) is 19.9 Å². The van der Waals surface area contributed by atoms with Crippen LogP contribution in [0.5, 0.6) is 0 Å². The van der Waals surface area contributed by atoms with E-state index in [9.17, 15) is 0 Å². The highest BCUT2D eigenvalue weighted by Crippen LogP contribution is 1.98. The fourth-order valence-corrected chi connectivity index (χ4v) is 1.44. The molecule has 2 heterocycles. The summed E-state index contributed by atoms with van der Waals surface area (Å²) in [7, 11) is 0. The number of nitrogens with zero attached hydrogens (tertiary/aromatic N) is 4. The highest BCUT2D eigenvalue weighted by atomic mass is 15.8. The summed E-state index contributed by atoms with van der Waals surface area (Å²) in [5.41, 5.74) is 0. The van der Waals surface area contributed by atoms with Crippen LogP contribution >= 0.6 is 0 Å². The molecule has 4 nitrogen and oxygen atoms in total. The Morgan fingerprint density at radius 3 is 2.87 bits per heavy atom. The van der Waals surface area contributed by atoms with E-state index in [1.807, 2.05) is 47.7 Å². The van der Waals surface area contributed by atoms with Crippen molar-refractivity contribution < 1.29 is 4.68 Å². The Kier molecular flexibility index (Phi) is 2.67. The van der Waals surface area contributed by atoms with Crippen molar-refractivity contribution >= 4 is 6.21 Å². The van der Waals surface area contributed by atoms with Gasteiger partial charge in [-0.1, -0.05) is 11.2 Å². The zero-order valence-corrected chi connectivity index (χ0v) is 8.99. The third kappa shape index (κ3) is 1.98. The molecule has 1 aromatic rings.